The molecule has 0 aliphatic rings. The van der Waals surface area contributed by atoms with E-state index in [4.69, 9.17) is 15.2 Å². The van der Waals surface area contributed by atoms with Gasteiger partial charge in [-0.05, 0) is 71.9 Å². The number of ether oxygens (including phenoxy) is 2. The molecule has 0 heterocycles. The first-order valence-electron chi connectivity index (χ1n) is 11.6. The number of hydrogen-bond acceptors (Lipinski definition) is 3. The Hall–Kier alpha value is -3.04. The van der Waals surface area contributed by atoms with Crippen LogP contribution < -0.4 is 15.2 Å². The minimum absolute atomic E-state index is 0.507. The smallest absolute Gasteiger partial charge is 0.119 e. The van der Waals surface area contributed by atoms with Crippen LogP contribution in [0.15, 0.2) is 72.8 Å². The van der Waals surface area contributed by atoms with Gasteiger partial charge < -0.3 is 15.2 Å². The molecule has 0 fully saturated rings. The van der Waals surface area contributed by atoms with E-state index in [-0.39, 0.29) is 0 Å². The van der Waals surface area contributed by atoms with Crippen LogP contribution in [0.5, 0.6) is 11.5 Å². The van der Waals surface area contributed by atoms with Crippen molar-refractivity contribution in [1.29, 1.82) is 0 Å². The lowest BCUT2D eigenvalue weighted by molar-refractivity contribution is 0.309. The summed E-state index contributed by atoms with van der Waals surface area (Å²) >= 11 is 0. The highest BCUT2D eigenvalue weighted by Gasteiger charge is 2.14. The first-order chi connectivity index (χ1) is 15.7. The summed E-state index contributed by atoms with van der Waals surface area (Å²) in [4.78, 5) is 0. The van der Waals surface area contributed by atoms with E-state index in [0.717, 1.165) is 37.4 Å². The van der Waals surface area contributed by atoms with E-state index in [2.05, 4.69) is 81.4 Å². The summed E-state index contributed by atoms with van der Waals surface area (Å²) in [6.07, 6.45) is 3.13. The van der Waals surface area contributed by atoms with Crippen molar-refractivity contribution in [3.05, 3.63) is 95.1 Å². The number of aryl methyl sites for hydroxylation is 1. The van der Waals surface area contributed by atoms with Gasteiger partial charge in [0, 0.05) is 6.54 Å². The third-order valence-electron chi connectivity index (χ3n) is 5.49. The third-order valence-corrected chi connectivity index (χ3v) is 5.49. The molecule has 0 aliphatic heterocycles. The molecular formula is C29H35NO2. The lowest BCUT2D eigenvalue weighted by atomic mass is 9.88. The second-order valence-electron chi connectivity index (χ2n) is 7.96. The van der Waals surface area contributed by atoms with Crippen molar-refractivity contribution in [1.82, 2.24) is 0 Å². The highest BCUT2D eigenvalue weighted by atomic mass is 16.5. The van der Waals surface area contributed by atoms with Gasteiger partial charge in [0.05, 0.1) is 6.61 Å². The Balaban J connectivity index is 2.03. The monoisotopic (exact) mass is 429 g/mol. The largest absolute Gasteiger partial charge is 0.494 e. The predicted molar refractivity (Wildman–Crippen MR) is 135 cm³/mol. The highest BCUT2D eigenvalue weighted by Crippen LogP contribution is 2.35. The van der Waals surface area contributed by atoms with Crippen molar-refractivity contribution in [2.75, 3.05) is 19.8 Å². The third kappa shape index (κ3) is 6.24. The molecule has 3 nitrogen and oxygen atoms in total. The second kappa shape index (κ2) is 12.1. The maximum Gasteiger partial charge on any atom is 0.119 e. The molecular weight excluding hydrogens is 394 g/mol. The van der Waals surface area contributed by atoms with Gasteiger partial charge in [0.15, 0.2) is 0 Å². The van der Waals surface area contributed by atoms with Gasteiger partial charge in [0.1, 0.15) is 18.1 Å². The SMILES string of the molecule is CCCCOc1ccc(/C(=C(\CC)c2ccc(C)cc2)c2ccc(OCCN)cc2)cc1. The van der Waals surface area contributed by atoms with Crippen molar-refractivity contribution in [2.24, 2.45) is 5.73 Å². The summed E-state index contributed by atoms with van der Waals surface area (Å²) in [6.45, 7) is 8.30. The fraction of sp³-hybridized carbons (Fsp3) is 0.310. The van der Waals surface area contributed by atoms with Gasteiger partial charge in [-0.2, -0.15) is 0 Å². The summed E-state index contributed by atoms with van der Waals surface area (Å²) in [5.41, 5.74) is 13.0. The number of hydrogen-bond donors (Lipinski definition) is 1. The summed E-state index contributed by atoms with van der Waals surface area (Å²) in [7, 11) is 0. The number of unbranched alkanes of at least 4 members (excludes halogenated alkanes) is 1. The van der Waals surface area contributed by atoms with E-state index in [1.807, 2.05) is 12.1 Å². The average molecular weight is 430 g/mol. The van der Waals surface area contributed by atoms with Crippen LogP contribution in [0.25, 0.3) is 11.1 Å². The molecule has 3 aromatic carbocycles. The molecule has 32 heavy (non-hydrogen) atoms. The number of rotatable bonds is 11. The minimum Gasteiger partial charge on any atom is -0.494 e. The zero-order valence-corrected chi connectivity index (χ0v) is 19.6. The Morgan fingerprint density at radius 2 is 1.19 bits per heavy atom. The Kier molecular flexibility index (Phi) is 8.94. The first kappa shape index (κ1) is 23.6. The van der Waals surface area contributed by atoms with E-state index in [1.165, 1.54) is 33.4 Å². The summed E-state index contributed by atoms with van der Waals surface area (Å²) in [5.74, 6) is 1.76. The predicted octanol–water partition coefficient (Wildman–Crippen LogP) is 6.88. The van der Waals surface area contributed by atoms with E-state index >= 15 is 0 Å². The van der Waals surface area contributed by atoms with E-state index in [1.54, 1.807) is 0 Å². The van der Waals surface area contributed by atoms with Crippen LogP contribution >= 0.6 is 0 Å². The zero-order chi connectivity index (χ0) is 22.8. The topological polar surface area (TPSA) is 44.5 Å². The number of nitrogens with two attached hydrogens (primary N) is 1. The van der Waals surface area contributed by atoms with Crippen LogP contribution in [-0.2, 0) is 0 Å². The van der Waals surface area contributed by atoms with Gasteiger partial charge >= 0.3 is 0 Å². The maximum atomic E-state index is 5.88. The molecule has 168 valence electrons. The van der Waals surface area contributed by atoms with Crippen molar-refractivity contribution in [3.63, 3.8) is 0 Å². The second-order valence-corrected chi connectivity index (χ2v) is 7.96. The van der Waals surface area contributed by atoms with Crippen LogP contribution in [0, 0.1) is 6.92 Å². The van der Waals surface area contributed by atoms with Crippen LogP contribution in [0.3, 0.4) is 0 Å². The Labute approximate surface area is 192 Å². The molecule has 3 aromatic rings. The standard InChI is InChI=1S/C29H35NO2/c1-4-6-20-31-26-15-11-24(12-16-26)29(25-13-17-27(18-14-25)32-21-19-30)28(5-2)23-9-7-22(3)8-10-23/h7-18H,4-6,19-21,30H2,1-3H3/b29-28-. The number of allylic oxidation sites excluding steroid dienone is 1. The van der Waals surface area contributed by atoms with Crippen molar-refractivity contribution in [3.8, 4) is 11.5 Å². The van der Waals surface area contributed by atoms with E-state index in [9.17, 15) is 0 Å². The van der Waals surface area contributed by atoms with Gasteiger partial charge in [-0.3, -0.25) is 0 Å². The molecule has 0 bridgehead atoms. The van der Waals surface area contributed by atoms with Crippen LogP contribution in [0.2, 0.25) is 0 Å². The van der Waals surface area contributed by atoms with E-state index < -0.39 is 0 Å². The molecule has 0 saturated carbocycles. The van der Waals surface area contributed by atoms with Crippen molar-refractivity contribution in [2.45, 2.75) is 40.0 Å². The molecule has 0 radical (unpaired) electrons. The van der Waals surface area contributed by atoms with Crippen LogP contribution in [-0.4, -0.2) is 19.8 Å². The molecule has 0 unspecified atom stereocenters. The van der Waals surface area contributed by atoms with Gasteiger partial charge in [0.2, 0.25) is 0 Å². The molecule has 0 saturated heterocycles. The molecule has 0 aliphatic carbocycles. The molecule has 0 atom stereocenters. The summed E-state index contributed by atoms with van der Waals surface area (Å²) in [5, 5.41) is 0. The molecule has 3 rings (SSSR count). The lowest BCUT2D eigenvalue weighted by Gasteiger charge is -2.17. The normalized spacial score (nSPS) is 11.8. The van der Waals surface area contributed by atoms with Crippen molar-refractivity contribution >= 4 is 11.1 Å². The summed E-state index contributed by atoms with van der Waals surface area (Å²) < 4.78 is 11.6. The fourth-order valence-corrected chi connectivity index (χ4v) is 3.74. The van der Waals surface area contributed by atoms with Crippen LogP contribution in [0.4, 0.5) is 0 Å². The average Bonchev–Trinajstić information content (AvgIpc) is 2.83. The molecule has 0 amide bonds. The summed E-state index contributed by atoms with van der Waals surface area (Å²) in [6, 6.07) is 25.6. The molecule has 2 N–H and O–H groups in total. The highest BCUT2D eigenvalue weighted by molar-refractivity contribution is 5.98. The van der Waals surface area contributed by atoms with Gasteiger partial charge in [0.25, 0.3) is 0 Å². The maximum absolute atomic E-state index is 5.88. The quantitative estimate of drug-likeness (QED) is 0.267. The Morgan fingerprint density at radius 3 is 1.66 bits per heavy atom. The molecule has 0 aromatic heterocycles. The fourth-order valence-electron chi connectivity index (χ4n) is 3.74. The minimum atomic E-state index is 0.507. The number of benzene rings is 3. The Bertz CT molecular complexity index is 987. The lowest BCUT2D eigenvalue weighted by Crippen LogP contribution is -2.10. The van der Waals surface area contributed by atoms with Crippen molar-refractivity contribution < 1.29 is 9.47 Å². The van der Waals surface area contributed by atoms with Gasteiger partial charge in [-0.25, -0.2) is 0 Å². The van der Waals surface area contributed by atoms with E-state index in [0.29, 0.717) is 13.2 Å². The van der Waals surface area contributed by atoms with Gasteiger partial charge in [-0.15, -0.1) is 0 Å². The Morgan fingerprint density at radius 1 is 0.688 bits per heavy atom. The zero-order valence-electron chi connectivity index (χ0n) is 19.6. The van der Waals surface area contributed by atoms with Gasteiger partial charge in [-0.1, -0.05) is 74.4 Å². The first-order valence-corrected chi connectivity index (χ1v) is 11.6. The molecule has 0 spiro atoms. The molecule has 3 heteroatoms. The van der Waals surface area contributed by atoms with Crippen LogP contribution in [0.1, 0.15) is 55.4 Å².